The number of H-pyrrole nitrogens is 1. The summed E-state index contributed by atoms with van der Waals surface area (Å²) in [7, 11) is 0. The van der Waals surface area contributed by atoms with Crippen molar-refractivity contribution in [2.24, 2.45) is 5.92 Å². The Morgan fingerprint density at radius 2 is 2.20 bits per heavy atom. The molecule has 1 aromatic heterocycles. The Bertz CT molecular complexity index is 464. The molecule has 1 saturated heterocycles. The van der Waals surface area contributed by atoms with Crippen molar-refractivity contribution in [3.63, 3.8) is 0 Å². The molecule has 1 aromatic rings. The Balaban J connectivity index is 1.67. The van der Waals surface area contributed by atoms with Gasteiger partial charge in [0.25, 0.3) is 5.91 Å². The number of aromatic nitrogens is 1. The molecule has 110 valence electrons. The third-order valence-electron chi connectivity index (χ3n) is 4.32. The van der Waals surface area contributed by atoms with Crippen molar-refractivity contribution in [2.45, 2.75) is 38.2 Å². The van der Waals surface area contributed by atoms with Crippen molar-refractivity contribution >= 4 is 17.5 Å². The Kier molecular flexibility index (Phi) is 4.32. The molecule has 2 aliphatic rings. The summed E-state index contributed by atoms with van der Waals surface area (Å²) in [5, 5.41) is 0.578. The normalized spacial score (nSPS) is 22.8. The van der Waals surface area contributed by atoms with Crippen LogP contribution < -0.4 is 0 Å². The second-order valence-electron chi connectivity index (χ2n) is 5.87. The van der Waals surface area contributed by atoms with Crippen LogP contribution in [0.4, 0.5) is 0 Å². The van der Waals surface area contributed by atoms with Gasteiger partial charge < -0.3 is 14.6 Å². The molecule has 4 nitrogen and oxygen atoms in total. The molecule has 1 atom stereocenters. The molecule has 0 radical (unpaired) electrons. The molecule has 5 heteroatoms. The molecule has 0 aromatic carbocycles. The third-order valence-corrected chi connectivity index (χ3v) is 4.53. The minimum atomic E-state index is 0.0410. The molecule has 2 fully saturated rings. The SMILES string of the molecule is O=C(c1cc(Cl)c[nH]1)N(CC1CCC1)CC1CCCO1. The summed E-state index contributed by atoms with van der Waals surface area (Å²) in [6.07, 6.45) is 7.78. The fourth-order valence-electron chi connectivity index (χ4n) is 2.92. The van der Waals surface area contributed by atoms with Crippen LogP contribution in [0.25, 0.3) is 0 Å². The Morgan fingerprint density at radius 1 is 1.35 bits per heavy atom. The van der Waals surface area contributed by atoms with E-state index in [0.29, 0.717) is 23.2 Å². The van der Waals surface area contributed by atoms with Crippen LogP contribution in [0.15, 0.2) is 12.3 Å². The summed E-state index contributed by atoms with van der Waals surface area (Å²) in [5.41, 5.74) is 0.576. The van der Waals surface area contributed by atoms with E-state index in [1.807, 2.05) is 4.90 Å². The standard InChI is InChI=1S/C15H21ClN2O2/c16-12-7-14(17-8-12)15(19)18(9-11-3-1-4-11)10-13-5-2-6-20-13/h7-8,11,13,17H,1-6,9-10H2. The molecule has 3 rings (SSSR count). The molecule has 0 spiro atoms. The summed E-state index contributed by atoms with van der Waals surface area (Å²) in [6.45, 7) is 2.37. The highest BCUT2D eigenvalue weighted by molar-refractivity contribution is 6.30. The van der Waals surface area contributed by atoms with Gasteiger partial charge in [0.05, 0.1) is 11.1 Å². The average molecular weight is 297 g/mol. The lowest BCUT2D eigenvalue weighted by atomic mass is 9.85. The fourth-order valence-corrected chi connectivity index (χ4v) is 3.09. The largest absolute Gasteiger partial charge is 0.376 e. The van der Waals surface area contributed by atoms with Gasteiger partial charge in [-0.2, -0.15) is 0 Å². The summed E-state index contributed by atoms with van der Waals surface area (Å²) in [4.78, 5) is 17.5. The van der Waals surface area contributed by atoms with Crippen LogP contribution in [0.1, 0.15) is 42.6 Å². The molecule has 1 aliphatic heterocycles. The monoisotopic (exact) mass is 296 g/mol. The Morgan fingerprint density at radius 3 is 2.75 bits per heavy atom. The highest BCUT2D eigenvalue weighted by Crippen LogP contribution is 2.28. The first-order valence-electron chi connectivity index (χ1n) is 7.47. The van der Waals surface area contributed by atoms with Crippen LogP contribution in [0.5, 0.6) is 0 Å². The first-order chi connectivity index (χ1) is 9.72. The molecule has 20 heavy (non-hydrogen) atoms. The molecule has 1 aliphatic carbocycles. The van der Waals surface area contributed by atoms with Gasteiger partial charge in [0.2, 0.25) is 0 Å². The van der Waals surface area contributed by atoms with Crippen LogP contribution in [0.3, 0.4) is 0 Å². The van der Waals surface area contributed by atoms with E-state index in [0.717, 1.165) is 26.0 Å². The van der Waals surface area contributed by atoms with E-state index in [1.54, 1.807) is 12.3 Å². The molecular formula is C15H21ClN2O2. The highest BCUT2D eigenvalue weighted by Gasteiger charge is 2.28. The minimum Gasteiger partial charge on any atom is -0.376 e. The van der Waals surface area contributed by atoms with E-state index in [9.17, 15) is 4.79 Å². The molecular weight excluding hydrogens is 276 g/mol. The average Bonchev–Trinajstić information content (AvgIpc) is 3.02. The zero-order valence-corrected chi connectivity index (χ0v) is 12.4. The highest BCUT2D eigenvalue weighted by atomic mass is 35.5. The number of carbonyl (C=O) groups excluding carboxylic acids is 1. The van der Waals surface area contributed by atoms with Gasteiger partial charge in [0.1, 0.15) is 5.69 Å². The number of hydrogen-bond donors (Lipinski definition) is 1. The van der Waals surface area contributed by atoms with E-state index < -0.39 is 0 Å². The molecule has 2 heterocycles. The lowest BCUT2D eigenvalue weighted by Gasteiger charge is -2.33. The van der Waals surface area contributed by atoms with Crippen molar-refractivity contribution in [3.05, 3.63) is 23.0 Å². The molecule has 1 saturated carbocycles. The van der Waals surface area contributed by atoms with Gasteiger partial charge in [0, 0.05) is 25.9 Å². The Hall–Kier alpha value is -1.00. The van der Waals surface area contributed by atoms with Crippen LogP contribution in [0, 0.1) is 5.92 Å². The summed E-state index contributed by atoms with van der Waals surface area (Å²) >= 11 is 5.90. The number of halogens is 1. The van der Waals surface area contributed by atoms with Gasteiger partial charge in [-0.05, 0) is 37.7 Å². The predicted molar refractivity (Wildman–Crippen MR) is 78.0 cm³/mol. The van der Waals surface area contributed by atoms with Gasteiger partial charge in [-0.3, -0.25) is 4.79 Å². The lowest BCUT2D eigenvalue weighted by Crippen LogP contribution is -2.42. The van der Waals surface area contributed by atoms with E-state index in [2.05, 4.69) is 4.98 Å². The maximum absolute atomic E-state index is 12.6. The fraction of sp³-hybridized carbons (Fsp3) is 0.667. The number of ether oxygens (including phenoxy) is 1. The van der Waals surface area contributed by atoms with Gasteiger partial charge in [-0.25, -0.2) is 0 Å². The molecule has 1 unspecified atom stereocenters. The molecule has 0 bridgehead atoms. The lowest BCUT2D eigenvalue weighted by molar-refractivity contribution is 0.0444. The van der Waals surface area contributed by atoms with E-state index in [4.69, 9.17) is 16.3 Å². The first-order valence-corrected chi connectivity index (χ1v) is 7.85. The number of nitrogens with one attached hydrogen (secondary N) is 1. The number of amides is 1. The molecule has 1 N–H and O–H groups in total. The zero-order valence-electron chi connectivity index (χ0n) is 11.6. The van der Waals surface area contributed by atoms with Gasteiger partial charge in [0.15, 0.2) is 0 Å². The van der Waals surface area contributed by atoms with Gasteiger partial charge >= 0.3 is 0 Å². The predicted octanol–water partition coefficient (Wildman–Crippen LogP) is 3.09. The van der Waals surface area contributed by atoms with Gasteiger partial charge in [-0.15, -0.1) is 0 Å². The number of carbonyl (C=O) groups is 1. The summed E-state index contributed by atoms with van der Waals surface area (Å²) in [6, 6.07) is 1.70. The zero-order chi connectivity index (χ0) is 13.9. The van der Waals surface area contributed by atoms with Crippen molar-refractivity contribution in [3.8, 4) is 0 Å². The number of rotatable bonds is 5. The maximum atomic E-state index is 12.6. The number of aromatic amines is 1. The van der Waals surface area contributed by atoms with Crippen molar-refractivity contribution in [1.29, 1.82) is 0 Å². The van der Waals surface area contributed by atoms with Crippen LogP contribution in [-0.2, 0) is 4.74 Å². The van der Waals surface area contributed by atoms with Crippen molar-refractivity contribution in [1.82, 2.24) is 9.88 Å². The van der Waals surface area contributed by atoms with E-state index >= 15 is 0 Å². The minimum absolute atomic E-state index is 0.0410. The van der Waals surface area contributed by atoms with Crippen molar-refractivity contribution < 1.29 is 9.53 Å². The topological polar surface area (TPSA) is 45.3 Å². The van der Waals surface area contributed by atoms with Crippen LogP contribution in [-0.4, -0.2) is 41.6 Å². The maximum Gasteiger partial charge on any atom is 0.270 e. The summed E-state index contributed by atoms with van der Waals surface area (Å²) in [5.74, 6) is 0.699. The number of nitrogens with zero attached hydrogens (tertiary/aromatic N) is 1. The smallest absolute Gasteiger partial charge is 0.270 e. The third kappa shape index (κ3) is 3.18. The van der Waals surface area contributed by atoms with Gasteiger partial charge in [-0.1, -0.05) is 18.0 Å². The van der Waals surface area contributed by atoms with Crippen molar-refractivity contribution in [2.75, 3.05) is 19.7 Å². The second-order valence-corrected chi connectivity index (χ2v) is 6.31. The molecule has 1 amide bonds. The quantitative estimate of drug-likeness (QED) is 0.907. The van der Waals surface area contributed by atoms with E-state index in [1.165, 1.54) is 19.3 Å². The summed E-state index contributed by atoms with van der Waals surface area (Å²) < 4.78 is 5.68. The van der Waals surface area contributed by atoms with Crippen LogP contribution >= 0.6 is 11.6 Å². The first kappa shape index (κ1) is 14.0. The number of hydrogen-bond acceptors (Lipinski definition) is 2. The second kappa shape index (κ2) is 6.19. The van der Waals surface area contributed by atoms with E-state index in [-0.39, 0.29) is 12.0 Å². The Labute approximate surface area is 124 Å². The van der Waals surface area contributed by atoms with Crippen LogP contribution in [0.2, 0.25) is 5.02 Å².